The third-order valence-corrected chi connectivity index (χ3v) is 1.95. The standard InChI is InChI=1S/C10H17N3/c1-4-5-11-7-10-6-8(2)12-13-9(10)3/h6,11H,4-5,7H2,1-3H3. The highest BCUT2D eigenvalue weighted by Gasteiger charge is 1.99. The molecule has 1 rings (SSSR count). The molecule has 0 atom stereocenters. The predicted octanol–water partition coefficient (Wildman–Crippen LogP) is 1.59. The first-order valence-electron chi connectivity index (χ1n) is 4.74. The number of aryl methyl sites for hydroxylation is 2. The third kappa shape index (κ3) is 3.11. The maximum Gasteiger partial charge on any atom is 0.0645 e. The third-order valence-electron chi connectivity index (χ3n) is 1.95. The molecule has 0 spiro atoms. The van der Waals surface area contributed by atoms with Gasteiger partial charge in [0.05, 0.1) is 11.4 Å². The summed E-state index contributed by atoms with van der Waals surface area (Å²) in [5.74, 6) is 0. The zero-order valence-electron chi connectivity index (χ0n) is 8.59. The molecule has 0 aromatic carbocycles. The highest BCUT2D eigenvalue weighted by molar-refractivity contribution is 5.19. The molecule has 0 saturated carbocycles. The molecule has 0 unspecified atom stereocenters. The summed E-state index contributed by atoms with van der Waals surface area (Å²) in [7, 11) is 0. The van der Waals surface area contributed by atoms with Crippen molar-refractivity contribution in [3.05, 3.63) is 23.0 Å². The van der Waals surface area contributed by atoms with Gasteiger partial charge >= 0.3 is 0 Å². The summed E-state index contributed by atoms with van der Waals surface area (Å²) in [6.07, 6.45) is 1.16. The Kier molecular flexibility index (Phi) is 3.83. The second-order valence-electron chi connectivity index (χ2n) is 3.27. The SMILES string of the molecule is CCCNCc1cc(C)nnc1C. The molecule has 72 valence electrons. The summed E-state index contributed by atoms with van der Waals surface area (Å²) in [5.41, 5.74) is 3.26. The predicted molar refractivity (Wildman–Crippen MR) is 53.5 cm³/mol. The fourth-order valence-electron chi connectivity index (χ4n) is 1.18. The molecule has 0 aliphatic carbocycles. The minimum atomic E-state index is 0.899. The van der Waals surface area contributed by atoms with E-state index in [4.69, 9.17) is 0 Å². The van der Waals surface area contributed by atoms with Crippen LogP contribution in [0.3, 0.4) is 0 Å². The van der Waals surface area contributed by atoms with Gasteiger partial charge in [-0.1, -0.05) is 6.92 Å². The summed E-state index contributed by atoms with van der Waals surface area (Å²) < 4.78 is 0. The Bertz CT molecular complexity index is 271. The molecular formula is C10H17N3. The Morgan fingerprint density at radius 3 is 2.77 bits per heavy atom. The van der Waals surface area contributed by atoms with Crippen LogP contribution in [0, 0.1) is 13.8 Å². The van der Waals surface area contributed by atoms with Crippen molar-refractivity contribution in [2.45, 2.75) is 33.7 Å². The van der Waals surface area contributed by atoms with E-state index in [0.717, 1.165) is 30.9 Å². The molecule has 0 bridgehead atoms. The van der Waals surface area contributed by atoms with Crippen LogP contribution in [-0.2, 0) is 6.54 Å². The van der Waals surface area contributed by atoms with Crippen LogP contribution >= 0.6 is 0 Å². The molecule has 0 radical (unpaired) electrons. The van der Waals surface area contributed by atoms with Crippen molar-refractivity contribution in [3.63, 3.8) is 0 Å². The van der Waals surface area contributed by atoms with E-state index in [1.807, 2.05) is 13.8 Å². The molecule has 1 heterocycles. The number of rotatable bonds is 4. The second-order valence-corrected chi connectivity index (χ2v) is 3.27. The Morgan fingerprint density at radius 2 is 2.08 bits per heavy atom. The highest BCUT2D eigenvalue weighted by Crippen LogP contribution is 2.04. The zero-order valence-corrected chi connectivity index (χ0v) is 8.59. The van der Waals surface area contributed by atoms with Crippen molar-refractivity contribution in [2.75, 3.05) is 6.54 Å². The molecule has 0 saturated heterocycles. The topological polar surface area (TPSA) is 37.8 Å². The van der Waals surface area contributed by atoms with Gasteiger partial charge in [0.15, 0.2) is 0 Å². The van der Waals surface area contributed by atoms with E-state index in [9.17, 15) is 0 Å². The lowest BCUT2D eigenvalue weighted by Gasteiger charge is -2.05. The highest BCUT2D eigenvalue weighted by atomic mass is 15.1. The zero-order chi connectivity index (χ0) is 9.68. The van der Waals surface area contributed by atoms with Crippen LogP contribution in [0.2, 0.25) is 0 Å². The summed E-state index contributed by atoms with van der Waals surface area (Å²) in [4.78, 5) is 0. The van der Waals surface area contributed by atoms with Crippen molar-refractivity contribution < 1.29 is 0 Å². The van der Waals surface area contributed by atoms with E-state index in [-0.39, 0.29) is 0 Å². The smallest absolute Gasteiger partial charge is 0.0645 e. The Labute approximate surface area is 79.6 Å². The second kappa shape index (κ2) is 4.92. The Balaban J connectivity index is 2.59. The molecule has 0 aliphatic rings. The maximum atomic E-state index is 4.07. The molecule has 13 heavy (non-hydrogen) atoms. The molecule has 3 heteroatoms. The lowest BCUT2D eigenvalue weighted by molar-refractivity contribution is 0.667. The maximum absolute atomic E-state index is 4.07. The van der Waals surface area contributed by atoms with Crippen molar-refractivity contribution in [1.29, 1.82) is 0 Å². The van der Waals surface area contributed by atoms with E-state index in [2.05, 4.69) is 28.5 Å². The summed E-state index contributed by atoms with van der Waals surface area (Å²) >= 11 is 0. The van der Waals surface area contributed by atoms with Crippen LogP contribution in [0.25, 0.3) is 0 Å². The van der Waals surface area contributed by atoms with Crippen molar-refractivity contribution in [2.24, 2.45) is 0 Å². The molecule has 0 aliphatic heterocycles. The van der Waals surface area contributed by atoms with Gasteiger partial charge < -0.3 is 5.32 Å². The van der Waals surface area contributed by atoms with Gasteiger partial charge in [0.2, 0.25) is 0 Å². The van der Waals surface area contributed by atoms with Crippen LogP contribution in [0.15, 0.2) is 6.07 Å². The van der Waals surface area contributed by atoms with Crippen LogP contribution in [-0.4, -0.2) is 16.7 Å². The monoisotopic (exact) mass is 179 g/mol. The van der Waals surface area contributed by atoms with Crippen molar-refractivity contribution in [3.8, 4) is 0 Å². The Hall–Kier alpha value is -0.960. The first-order chi connectivity index (χ1) is 6.24. The normalized spacial score (nSPS) is 10.4. The van der Waals surface area contributed by atoms with Crippen molar-refractivity contribution >= 4 is 0 Å². The van der Waals surface area contributed by atoms with E-state index in [1.54, 1.807) is 0 Å². The number of hydrogen-bond donors (Lipinski definition) is 1. The fourth-order valence-corrected chi connectivity index (χ4v) is 1.18. The molecule has 0 fully saturated rings. The van der Waals surface area contributed by atoms with Gasteiger partial charge in [-0.25, -0.2) is 0 Å². The van der Waals surface area contributed by atoms with Crippen LogP contribution in [0.1, 0.15) is 30.3 Å². The van der Waals surface area contributed by atoms with Crippen LogP contribution in [0.5, 0.6) is 0 Å². The van der Waals surface area contributed by atoms with Crippen LogP contribution < -0.4 is 5.32 Å². The van der Waals surface area contributed by atoms with Gasteiger partial charge in [-0.05, 0) is 38.4 Å². The largest absolute Gasteiger partial charge is 0.313 e. The average Bonchev–Trinajstić information content (AvgIpc) is 2.11. The molecule has 3 nitrogen and oxygen atoms in total. The van der Waals surface area contributed by atoms with Gasteiger partial charge in [0.1, 0.15) is 0 Å². The number of hydrogen-bond acceptors (Lipinski definition) is 3. The lowest BCUT2D eigenvalue weighted by Crippen LogP contribution is -2.15. The van der Waals surface area contributed by atoms with E-state index >= 15 is 0 Å². The van der Waals surface area contributed by atoms with E-state index < -0.39 is 0 Å². The average molecular weight is 179 g/mol. The van der Waals surface area contributed by atoms with Gasteiger partial charge in [-0.2, -0.15) is 10.2 Å². The molecule has 1 N–H and O–H groups in total. The summed E-state index contributed by atoms with van der Waals surface area (Å²) in [6, 6.07) is 2.09. The fraction of sp³-hybridized carbons (Fsp3) is 0.600. The first-order valence-corrected chi connectivity index (χ1v) is 4.74. The summed E-state index contributed by atoms with van der Waals surface area (Å²) in [6.45, 7) is 8.08. The lowest BCUT2D eigenvalue weighted by atomic mass is 10.2. The van der Waals surface area contributed by atoms with Gasteiger partial charge in [0, 0.05) is 6.54 Å². The van der Waals surface area contributed by atoms with Gasteiger partial charge in [-0.3, -0.25) is 0 Å². The van der Waals surface area contributed by atoms with Crippen molar-refractivity contribution in [1.82, 2.24) is 15.5 Å². The van der Waals surface area contributed by atoms with Gasteiger partial charge in [0.25, 0.3) is 0 Å². The Morgan fingerprint density at radius 1 is 1.31 bits per heavy atom. The summed E-state index contributed by atoms with van der Waals surface area (Å²) in [5, 5.41) is 11.4. The van der Waals surface area contributed by atoms with E-state index in [1.165, 1.54) is 5.56 Å². The molecule has 1 aromatic heterocycles. The number of nitrogens with zero attached hydrogens (tertiary/aromatic N) is 2. The first kappa shape index (κ1) is 10.1. The molecular weight excluding hydrogens is 162 g/mol. The quantitative estimate of drug-likeness (QED) is 0.713. The minimum Gasteiger partial charge on any atom is -0.313 e. The minimum absolute atomic E-state index is 0.899. The van der Waals surface area contributed by atoms with Gasteiger partial charge in [-0.15, -0.1) is 0 Å². The van der Waals surface area contributed by atoms with E-state index in [0.29, 0.717) is 0 Å². The number of aromatic nitrogens is 2. The van der Waals surface area contributed by atoms with Crippen LogP contribution in [0.4, 0.5) is 0 Å². The molecule has 1 aromatic rings. The molecule has 0 amide bonds. The number of nitrogens with one attached hydrogen (secondary N) is 1.